The minimum absolute atomic E-state index is 0.0290. The first-order chi connectivity index (χ1) is 9.19. The van der Waals surface area contributed by atoms with Crippen molar-refractivity contribution in [2.24, 2.45) is 0 Å². The van der Waals surface area contributed by atoms with E-state index < -0.39 is 4.92 Å². The molecule has 1 heterocycles. The molecule has 0 atom stereocenters. The van der Waals surface area contributed by atoms with Crippen LogP contribution in [0, 0.1) is 10.1 Å². The molecule has 0 amide bonds. The molecule has 0 saturated heterocycles. The molecule has 0 aliphatic heterocycles. The lowest BCUT2D eigenvalue weighted by atomic mass is 10.2. The van der Waals surface area contributed by atoms with E-state index >= 15 is 0 Å². The van der Waals surface area contributed by atoms with Crippen LogP contribution in [0.3, 0.4) is 0 Å². The molecule has 19 heavy (non-hydrogen) atoms. The average Bonchev–Trinajstić information content (AvgIpc) is 2.40. The number of benzene rings is 1. The summed E-state index contributed by atoms with van der Waals surface area (Å²) in [7, 11) is 1.64. The highest BCUT2D eigenvalue weighted by molar-refractivity contribution is 5.57. The largest absolute Gasteiger partial charge is 0.380 e. The van der Waals surface area contributed by atoms with Gasteiger partial charge in [0.2, 0.25) is 0 Å². The second-order valence-electron chi connectivity index (χ2n) is 3.92. The van der Waals surface area contributed by atoms with Crippen LogP contribution >= 0.6 is 0 Å². The van der Waals surface area contributed by atoms with Gasteiger partial charge in [-0.05, 0) is 23.8 Å². The zero-order valence-electron chi connectivity index (χ0n) is 10.4. The Morgan fingerprint density at radius 3 is 2.84 bits per heavy atom. The van der Waals surface area contributed by atoms with Gasteiger partial charge in [0.15, 0.2) is 0 Å². The fourth-order valence-electron chi connectivity index (χ4n) is 1.62. The molecule has 0 fully saturated rings. The molecule has 6 heteroatoms. The second-order valence-corrected chi connectivity index (χ2v) is 3.92. The Morgan fingerprint density at radius 2 is 2.21 bits per heavy atom. The maximum atomic E-state index is 10.5. The predicted octanol–water partition coefficient (Wildman–Crippen LogP) is 2.88. The van der Waals surface area contributed by atoms with E-state index in [1.165, 1.54) is 12.3 Å². The molecule has 0 spiro atoms. The van der Waals surface area contributed by atoms with E-state index in [0.717, 1.165) is 11.3 Å². The zero-order chi connectivity index (χ0) is 13.7. The summed E-state index contributed by atoms with van der Waals surface area (Å²) in [5.41, 5.74) is 1.86. The van der Waals surface area contributed by atoms with Gasteiger partial charge in [0, 0.05) is 18.9 Å². The predicted molar refractivity (Wildman–Crippen MR) is 71.3 cm³/mol. The van der Waals surface area contributed by atoms with Gasteiger partial charge in [0.25, 0.3) is 5.69 Å². The summed E-state index contributed by atoms with van der Waals surface area (Å²) >= 11 is 0. The van der Waals surface area contributed by atoms with Crippen LogP contribution < -0.4 is 5.32 Å². The highest BCUT2D eigenvalue weighted by Gasteiger charge is 2.05. The molecule has 2 rings (SSSR count). The number of rotatable bonds is 5. The fourth-order valence-corrected chi connectivity index (χ4v) is 1.62. The van der Waals surface area contributed by atoms with Crippen molar-refractivity contribution in [1.82, 2.24) is 4.98 Å². The van der Waals surface area contributed by atoms with Crippen LogP contribution in [0.4, 0.5) is 17.2 Å². The maximum Gasteiger partial charge on any atom is 0.287 e. The van der Waals surface area contributed by atoms with Gasteiger partial charge in [-0.25, -0.2) is 4.98 Å². The Kier molecular flexibility index (Phi) is 4.04. The van der Waals surface area contributed by atoms with Crippen molar-refractivity contribution in [3.05, 3.63) is 58.3 Å². The number of aromatic nitrogens is 1. The normalized spacial score (nSPS) is 10.2. The third kappa shape index (κ3) is 3.49. The molecule has 98 valence electrons. The number of methoxy groups -OCH3 is 1. The number of nitrogens with one attached hydrogen (secondary N) is 1. The van der Waals surface area contributed by atoms with Crippen LogP contribution in [0.25, 0.3) is 0 Å². The third-order valence-corrected chi connectivity index (χ3v) is 2.47. The Balaban J connectivity index is 2.12. The lowest BCUT2D eigenvalue weighted by Gasteiger charge is -2.07. The number of hydrogen-bond donors (Lipinski definition) is 1. The average molecular weight is 259 g/mol. The molecule has 0 aliphatic rings. The van der Waals surface area contributed by atoms with Crippen LogP contribution in [-0.2, 0) is 11.3 Å². The molecule has 2 aromatic rings. The van der Waals surface area contributed by atoms with E-state index in [1.807, 2.05) is 24.3 Å². The minimum atomic E-state index is -0.476. The first kappa shape index (κ1) is 13.0. The SMILES string of the molecule is COCc1cccc(Nc2ccc([N+](=O)[O-])cn2)c1. The van der Waals surface area contributed by atoms with Gasteiger partial charge < -0.3 is 10.1 Å². The van der Waals surface area contributed by atoms with Crippen molar-refractivity contribution in [2.75, 3.05) is 12.4 Å². The third-order valence-electron chi connectivity index (χ3n) is 2.47. The van der Waals surface area contributed by atoms with Crippen LogP contribution in [0.5, 0.6) is 0 Å². The van der Waals surface area contributed by atoms with Crippen molar-refractivity contribution in [1.29, 1.82) is 0 Å². The zero-order valence-corrected chi connectivity index (χ0v) is 10.4. The van der Waals surface area contributed by atoms with E-state index in [4.69, 9.17) is 4.74 Å². The molecule has 1 N–H and O–H groups in total. The Bertz CT molecular complexity index is 570. The van der Waals surface area contributed by atoms with Gasteiger partial charge in [-0.3, -0.25) is 10.1 Å². The van der Waals surface area contributed by atoms with Crippen LogP contribution in [0.2, 0.25) is 0 Å². The molecular weight excluding hydrogens is 246 g/mol. The lowest BCUT2D eigenvalue weighted by Crippen LogP contribution is -1.96. The lowest BCUT2D eigenvalue weighted by molar-refractivity contribution is -0.385. The standard InChI is InChI=1S/C13H13N3O3/c1-19-9-10-3-2-4-11(7-10)15-13-6-5-12(8-14-13)16(17)18/h2-8H,9H2,1H3,(H,14,15). The van der Waals surface area contributed by atoms with Gasteiger partial charge in [0.05, 0.1) is 11.5 Å². The number of nitrogens with zero attached hydrogens (tertiary/aromatic N) is 2. The molecule has 6 nitrogen and oxygen atoms in total. The van der Waals surface area contributed by atoms with Gasteiger partial charge >= 0.3 is 0 Å². The highest BCUT2D eigenvalue weighted by Crippen LogP contribution is 2.18. The number of pyridine rings is 1. The summed E-state index contributed by atoms with van der Waals surface area (Å²) in [6.07, 6.45) is 1.22. The Labute approximate surface area is 110 Å². The second kappa shape index (κ2) is 5.92. The quantitative estimate of drug-likeness (QED) is 0.659. The summed E-state index contributed by atoms with van der Waals surface area (Å²) in [6, 6.07) is 10.7. The molecule has 1 aromatic carbocycles. The molecule has 0 unspecified atom stereocenters. The van der Waals surface area contributed by atoms with Gasteiger partial charge in [-0.1, -0.05) is 12.1 Å². The van der Waals surface area contributed by atoms with Gasteiger partial charge in [-0.15, -0.1) is 0 Å². The fraction of sp³-hybridized carbons (Fsp3) is 0.154. The minimum Gasteiger partial charge on any atom is -0.380 e. The van der Waals surface area contributed by atoms with E-state index in [0.29, 0.717) is 12.4 Å². The summed E-state index contributed by atoms with van der Waals surface area (Å²) < 4.78 is 5.06. The van der Waals surface area contributed by atoms with Crippen molar-refractivity contribution < 1.29 is 9.66 Å². The van der Waals surface area contributed by atoms with E-state index in [2.05, 4.69) is 10.3 Å². The summed E-state index contributed by atoms with van der Waals surface area (Å²) in [5, 5.41) is 13.6. The number of ether oxygens (including phenoxy) is 1. The molecule has 0 radical (unpaired) electrons. The molecule has 0 aliphatic carbocycles. The van der Waals surface area contributed by atoms with Crippen molar-refractivity contribution in [3.63, 3.8) is 0 Å². The number of hydrogen-bond acceptors (Lipinski definition) is 5. The molecular formula is C13H13N3O3. The topological polar surface area (TPSA) is 77.3 Å². The Hall–Kier alpha value is -2.47. The summed E-state index contributed by atoms with van der Waals surface area (Å²) in [4.78, 5) is 14.0. The van der Waals surface area contributed by atoms with E-state index in [9.17, 15) is 10.1 Å². The number of nitro groups is 1. The summed E-state index contributed by atoms with van der Waals surface area (Å²) in [5.74, 6) is 0.556. The monoisotopic (exact) mass is 259 g/mol. The molecule has 0 saturated carbocycles. The highest BCUT2D eigenvalue weighted by atomic mass is 16.6. The van der Waals surface area contributed by atoms with E-state index in [1.54, 1.807) is 13.2 Å². The van der Waals surface area contributed by atoms with Crippen molar-refractivity contribution >= 4 is 17.2 Å². The van der Waals surface area contributed by atoms with Crippen LogP contribution in [0.15, 0.2) is 42.6 Å². The summed E-state index contributed by atoms with van der Waals surface area (Å²) in [6.45, 7) is 0.531. The van der Waals surface area contributed by atoms with E-state index in [-0.39, 0.29) is 5.69 Å². The van der Waals surface area contributed by atoms with Gasteiger partial charge in [0.1, 0.15) is 12.0 Å². The van der Waals surface area contributed by atoms with Gasteiger partial charge in [-0.2, -0.15) is 0 Å². The first-order valence-corrected chi connectivity index (χ1v) is 5.64. The van der Waals surface area contributed by atoms with Crippen LogP contribution in [-0.4, -0.2) is 17.0 Å². The van der Waals surface area contributed by atoms with Crippen LogP contribution in [0.1, 0.15) is 5.56 Å². The van der Waals surface area contributed by atoms with Crippen molar-refractivity contribution in [2.45, 2.75) is 6.61 Å². The molecule has 0 bridgehead atoms. The maximum absolute atomic E-state index is 10.5. The number of anilines is 2. The smallest absolute Gasteiger partial charge is 0.287 e. The van der Waals surface area contributed by atoms with Crippen molar-refractivity contribution in [3.8, 4) is 0 Å². The Morgan fingerprint density at radius 1 is 1.37 bits per heavy atom. The first-order valence-electron chi connectivity index (χ1n) is 5.64. The molecule has 1 aromatic heterocycles.